The van der Waals surface area contributed by atoms with Gasteiger partial charge >= 0.3 is 5.97 Å². The first-order valence-corrected chi connectivity index (χ1v) is 7.14. The van der Waals surface area contributed by atoms with Crippen LogP contribution in [0.25, 0.3) is 0 Å². The highest BCUT2D eigenvalue weighted by atomic mass is 16.4. The van der Waals surface area contributed by atoms with Gasteiger partial charge in [-0.3, -0.25) is 4.90 Å². The van der Waals surface area contributed by atoms with E-state index in [1.165, 1.54) is 0 Å². The number of rotatable bonds is 7. The molecule has 0 bridgehead atoms. The summed E-state index contributed by atoms with van der Waals surface area (Å²) < 4.78 is 0. The maximum atomic E-state index is 11.4. The van der Waals surface area contributed by atoms with Crippen molar-refractivity contribution in [3.8, 4) is 0 Å². The zero-order valence-corrected chi connectivity index (χ0v) is 12.9. The van der Waals surface area contributed by atoms with Crippen LogP contribution in [0.1, 0.15) is 43.6 Å². The number of carboxylic acids is 1. The largest absolute Gasteiger partial charge is 0.478 e. The van der Waals surface area contributed by atoms with Crippen LogP contribution in [0, 0.1) is 11.8 Å². The SMILES string of the molecule is CC(C)CN(Cc1cccc(N)c1C(=O)O)CC(C)C. The van der Waals surface area contributed by atoms with Crippen LogP contribution in [-0.4, -0.2) is 29.1 Å². The number of nitrogens with two attached hydrogens (primary N) is 1. The Kier molecular flexibility index (Phi) is 6.02. The van der Waals surface area contributed by atoms with E-state index in [0.29, 0.717) is 24.1 Å². The summed E-state index contributed by atoms with van der Waals surface area (Å²) >= 11 is 0. The Morgan fingerprint density at radius 3 is 2.20 bits per heavy atom. The minimum absolute atomic E-state index is 0.241. The fraction of sp³-hybridized carbons (Fsp3) is 0.562. The lowest BCUT2D eigenvalue weighted by Crippen LogP contribution is -2.31. The molecule has 3 N–H and O–H groups in total. The van der Waals surface area contributed by atoms with Gasteiger partial charge < -0.3 is 10.8 Å². The van der Waals surface area contributed by atoms with E-state index in [1.807, 2.05) is 12.1 Å². The molecule has 0 aromatic heterocycles. The molecule has 0 spiro atoms. The Labute approximate surface area is 121 Å². The van der Waals surface area contributed by atoms with Crippen molar-refractivity contribution in [2.24, 2.45) is 11.8 Å². The second kappa shape index (κ2) is 7.29. The summed E-state index contributed by atoms with van der Waals surface area (Å²) in [6.07, 6.45) is 0. The number of hydrogen-bond donors (Lipinski definition) is 2. The third-order valence-electron chi connectivity index (χ3n) is 3.04. The lowest BCUT2D eigenvalue weighted by molar-refractivity contribution is 0.0695. The number of carboxylic acid groups (broad SMARTS) is 1. The lowest BCUT2D eigenvalue weighted by atomic mass is 10.0. The minimum Gasteiger partial charge on any atom is -0.478 e. The Bertz CT molecular complexity index is 446. The first kappa shape index (κ1) is 16.5. The van der Waals surface area contributed by atoms with Crippen LogP contribution in [0.4, 0.5) is 5.69 Å². The van der Waals surface area contributed by atoms with Crippen molar-refractivity contribution < 1.29 is 9.90 Å². The first-order valence-electron chi connectivity index (χ1n) is 7.14. The molecule has 0 aliphatic rings. The summed E-state index contributed by atoms with van der Waals surface area (Å²) in [6, 6.07) is 5.32. The second-order valence-electron chi connectivity index (χ2n) is 6.17. The molecule has 0 saturated heterocycles. The van der Waals surface area contributed by atoms with Gasteiger partial charge in [-0.05, 0) is 23.5 Å². The Hall–Kier alpha value is -1.55. The van der Waals surface area contributed by atoms with E-state index >= 15 is 0 Å². The molecule has 0 aliphatic heterocycles. The molecule has 0 atom stereocenters. The third kappa shape index (κ3) is 4.85. The van der Waals surface area contributed by atoms with Gasteiger partial charge in [0.2, 0.25) is 0 Å². The van der Waals surface area contributed by atoms with Gasteiger partial charge in [-0.1, -0.05) is 39.8 Å². The maximum absolute atomic E-state index is 11.4. The summed E-state index contributed by atoms with van der Waals surface area (Å²) in [5.41, 5.74) is 7.17. The molecule has 0 heterocycles. The fourth-order valence-corrected chi connectivity index (χ4v) is 2.49. The van der Waals surface area contributed by atoms with Gasteiger partial charge in [0, 0.05) is 25.3 Å². The molecule has 0 aliphatic carbocycles. The van der Waals surface area contributed by atoms with Gasteiger partial charge in [0.15, 0.2) is 0 Å². The number of anilines is 1. The molecule has 0 fully saturated rings. The van der Waals surface area contributed by atoms with Gasteiger partial charge in [-0.2, -0.15) is 0 Å². The fourth-order valence-electron chi connectivity index (χ4n) is 2.49. The van der Waals surface area contributed by atoms with Crippen molar-refractivity contribution in [1.29, 1.82) is 0 Å². The van der Waals surface area contributed by atoms with Crippen LogP contribution in [0.3, 0.4) is 0 Å². The summed E-state index contributed by atoms with van der Waals surface area (Å²) in [7, 11) is 0. The third-order valence-corrected chi connectivity index (χ3v) is 3.04. The highest BCUT2D eigenvalue weighted by molar-refractivity contribution is 5.95. The first-order chi connectivity index (χ1) is 9.31. The molecule has 0 saturated carbocycles. The Morgan fingerprint density at radius 1 is 1.20 bits per heavy atom. The van der Waals surface area contributed by atoms with Crippen molar-refractivity contribution in [3.63, 3.8) is 0 Å². The van der Waals surface area contributed by atoms with Crippen LogP contribution in [0.5, 0.6) is 0 Å². The van der Waals surface area contributed by atoms with Crippen LogP contribution in [-0.2, 0) is 6.54 Å². The van der Waals surface area contributed by atoms with E-state index in [2.05, 4.69) is 32.6 Å². The van der Waals surface area contributed by atoms with Crippen molar-refractivity contribution in [3.05, 3.63) is 29.3 Å². The van der Waals surface area contributed by atoms with E-state index in [1.54, 1.807) is 6.07 Å². The Balaban J connectivity index is 2.98. The number of hydrogen-bond acceptors (Lipinski definition) is 3. The number of aromatic carboxylic acids is 1. The minimum atomic E-state index is -0.952. The smallest absolute Gasteiger partial charge is 0.338 e. The van der Waals surface area contributed by atoms with Crippen LogP contribution in [0.2, 0.25) is 0 Å². The van der Waals surface area contributed by atoms with Crippen molar-refractivity contribution in [2.75, 3.05) is 18.8 Å². The topological polar surface area (TPSA) is 66.6 Å². The van der Waals surface area contributed by atoms with E-state index in [-0.39, 0.29) is 5.56 Å². The highest BCUT2D eigenvalue weighted by Crippen LogP contribution is 2.20. The lowest BCUT2D eigenvalue weighted by Gasteiger charge is -2.27. The monoisotopic (exact) mass is 278 g/mol. The average molecular weight is 278 g/mol. The molecule has 4 heteroatoms. The predicted molar refractivity (Wildman–Crippen MR) is 82.8 cm³/mol. The van der Waals surface area contributed by atoms with E-state index in [9.17, 15) is 9.90 Å². The molecule has 0 unspecified atom stereocenters. The highest BCUT2D eigenvalue weighted by Gasteiger charge is 2.17. The van der Waals surface area contributed by atoms with Crippen molar-refractivity contribution in [2.45, 2.75) is 34.2 Å². The summed E-state index contributed by atoms with van der Waals surface area (Å²) in [4.78, 5) is 13.7. The molecule has 0 amide bonds. The maximum Gasteiger partial charge on any atom is 0.338 e. The number of nitrogen functional groups attached to an aromatic ring is 1. The molecule has 0 radical (unpaired) electrons. The van der Waals surface area contributed by atoms with Crippen LogP contribution >= 0.6 is 0 Å². The van der Waals surface area contributed by atoms with E-state index in [0.717, 1.165) is 18.7 Å². The average Bonchev–Trinajstić information content (AvgIpc) is 2.26. The molecular formula is C16H26N2O2. The van der Waals surface area contributed by atoms with E-state index in [4.69, 9.17) is 5.73 Å². The molecule has 4 nitrogen and oxygen atoms in total. The molecule has 1 aromatic carbocycles. The normalized spacial score (nSPS) is 11.6. The number of carbonyl (C=O) groups is 1. The molecular weight excluding hydrogens is 252 g/mol. The van der Waals surface area contributed by atoms with Crippen molar-refractivity contribution in [1.82, 2.24) is 4.90 Å². The quantitative estimate of drug-likeness (QED) is 0.752. The van der Waals surface area contributed by atoms with E-state index < -0.39 is 5.97 Å². The summed E-state index contributed by atoms with van der Waals surface area (Å²) in [6.45, 7) is 11.2. The predicted octanol–water partition coefficient (Wildman–Crippen LogP) is 3.08. The summed E-state index contributed by atoms with van der Waals surface area (Å²) in [5.74, 6) is 0.137. The van der Waals surface area contributed by atoms with Crippen LogP contribution < -0.4 is 5.73 Å². The number of nitrogens with zero attached hydrogens (tertiary/aromatic N) is 1. The van der Waals surface area contributed by atoms with Gasteiger partial charge in [0.05, 0.1) is 5.56 Å². The van der Waals surface area contributed by atoms with Gasteiger partial charge in [0.25, 0.3) is 0 Å². The van der Waals surface area contributed by atoms with Crippen molar-refractivity contribution >= 4 is 11.7 Å². The standard InChI is InChI=1S/C16H26N2O2/c1-11(2)8-18(9-12(3)4)10-13-6-5-7-14(17)15(13)16(19)20/h5-7,11-12H,8-10,17H2,1-4H3,(H,19,20). The number of benzene rings is 1. The zero-order valence-electron chi connectivity index (χ0n) is 12.9. The molecule has 20 heavy (non-hydrogen) atoms. The molecule has 112 valence electrons. The van der Waals surface area contributed by atoms with Gasteiger partial charge in [-0.15, -0.1) is 0 Å². The second-order valence-corrected chi connectivity index (χ2v) is 6.17. The van der Waals surface area contributed by atoms with Gasteiger partial charge in [0.1, 0.15) is 0 Å². The molecule has 1 rings (SSSR count). The Morgan fingerprint density at radius 2 is 1.75 bits per heavy atom. The summed E-state index contributed by atoms with van der Waals surface area (Å²) in [5, 5.41) is 9.32. The molecule has 1 aromatic rings. The van der Waals surface area contributed by atoms with Crippen LogP contribution in [0.15, 0.2) is 18.2 Å². The zero-order chi connectivity index (χ0) is 15.3. The van der Waals surface area contributed by atoms with Gasteiger partial charge in [-0.25, -0.2) is 4.79 Å².